The van der Waals surface area contributed by atoms with E-state index in [9.17, 15) is 9.90 Å². The van der Waals surface area contributed by atoms with E-state index in [-0.39, 0.29) is 11.8 Å². The number of carbonyl (C=O) groups excluding carboxylic acids is 1. The smallest absolute Gasteiger partial charge is 0.236 e. The first kappa shape index (κ1) is 15.4. The number of pyridine rings is 1. The first-order valence-corrected chi connectivity index (χ1v) is 8.07. The third-order valence-corrected chi connectivity index (χ3v) is 4.99. The Balaban J connectivity index is 1.54. The number of hydrogen-bond donors (Lipinski definition) is 1. The van der Waals surface area contributed by atoms with Crippen molar-refractivity contribution in [2.24, 2.45) is 11.8 Å². The topological polar surface area (TPSA) is 56.7 Å². The summed E-state index contributed by atoms with van der Waals surface area (Å²) >= 11 is 0. The van der Waals surface area contributed by atoms with Crippen LogP contribution in [0.3, 0.4) is 0 Å². The van der Waals surface area contributed by atoms with Gasteiger partial charge in [-0.3, -0.25) is 14.7 Å². The van der Waals surface area contributed by atoms with Gasteiger partial charge in [-0.25, -0.2) is 0 Å². The highest BCUT2D eigenvalue weighted by Crippen LogP contribution is 2.46. The monoisotopic (exact) mass is 303 g/mol. The second-order valence-electron chi connectivity index (χ2n) is 6.93. The highest BCUT2D eigenvalue weighted by atomic mass is 16.3. The van der Waals surface area contributed by atoms with Crippen LogP contribution in [0.15, 0.2) is 24.4 Å². The molecule has 0 spiro atoms. The second kappa shape index (κ2) is 5.97. The fraction of sp³-hybridized carbons (Fsp3) is 0.647. The first-order chi connectivity index (χ1) is 10.5. The minimum Gasteiger partial charge on any atom is -0.387 e. The molecule has 0 bridgehead atoms. The Hall–Kier alpha value is -1.46. The summed E-state index contributed by atoms with van der Waals surface area (Å²) in [5, 5.41) is 10.8. The molecule has 2 heterocycles. The van der Waals surface area contributed by atoms with Gasteiger partial charge in [-0.15, -0.1) is 0 Å². The van der Waals surface area contributed by atoms with Crippen molar-refractivity contribution in [1.29, 1.82) is 0 Å². The van der Waals surface area contributed by atoms with Crippen molar-refractivity contribution in [3.63, 3.8) is 0 Å². The van der Waals surface area contributed by atoms with Crippen molar-refractivity contribution in [3.8, 4) is 0 Å². The molecule has 1 aromatic rings. The van der Waals surface area contributed by atoms with Gasteiger partial charge in [-0.05, 0) is 37.9 Å². The lowest BCUT2D eigenvalue weighted by Crippen LogP contribution is -2.42. The largest absolute Gasteiger partial charge is 0.387 e. The maximum Gasteiger partial charge on any atom is 0.236 e. The number of likely N-dealkylation sites (tertiary alicyclic amines) is 1. The Labute approximate surface area is 131 Å². The Morgan fingerprint density at radius 1 is 1.50 bits per heavy atom. The molecule has 1 aliphatic carbocycles. The van der Waals surface area contributed by atoms with Crippen LogP contribution >= 0.6 is 0 Å². The Bertz CT molecular complexity index is 532. The van der Waals surface area contributed by atoms with Crippen LogP contribution < -0.4 is 0 Å². The van der Waals surface area contributed by atoms with E-state index >= 15 is 0 Å². The molecule has 5 nitrogen and oxygen atoms in total. The quantitative estimate of drug-likeness (QED) is 0.886. The normalized spacial score (nSPS) is 28.4. The number of aliphatic hydroxyl groups is 1. The van der Waals surface area contributed by atoms with Gasteiger partial charge in [-0.1, -0.05) is 13.0 Å². The fourth-order valence-electron chi connectivity index (χ4n) is 3.47. The van der Waals surface area contributed by atoms with Crippen LogP contribution in [0.5, 0.6) is 0 Å². The van der Waals surface area contributed by atoms with E-state index in [1.165, 1.54) is 0 Å². The lowest BCUT2D eigenvalue weighted by molar-refractivity contribution is -0.132. The van der Waals surface area contributed by atoms with Crippen molar-refractivity contribution < 1.29 is 9.90 Å². The Kier molecular flexibility index (Phi) is 4.19. The summed E-state index contributed by atoms with van der Waals surface area (Å²) in [5.41, 5.74) is 0.303. The van der Waals surface area contributed by atoms with Crippen LogP contribution in [0.4, 0.5) is 0 Å². The molecule has 5 heteroatoms. The molecular formula is C17H25N3O2. The van der Waals surface area contributed by atoms with E-state index in [0.29, 0.717) is 32.1 Å². The minimum atomic E-state index is -0.658. The Morgan fingerprint density at radius 2 is 2.27 bits per heavy atom. The SMILES string of the molecule is C[C@@H]1CN(C(=O)CN(C)Cc2ccccn2)C[C@@]1(O)C1CC1. The molecular weight excluding hydrogens is 278 g/mol. The van der Waals surface area contributed by atoms with Crippen LogP contribution in [0, 0.1) is 11.8 Å². The van der Waals surface area contributed by atoms with Crippen molar-refractivity contribution in [1.82, 2.24) is 14.8 Å². The number of carbonyl (C=O) groups is 1. The van der Waals surface area contributed by atoms with Gasteiger partial charge in [0.1, 0.15) is 0 Å². The highest BCUT2D eigenvalue weighted by Gasteiger charge is 2.53. The molecule has 22 heavy (non-hydrogen) atoms. The van der Waals surface area contributed by atoms with Crippen molar-refractivity contribution in [2.75, 3.05) is 26.7 Å². The molecule has 1 aromatic heterocycles. The average Bonchev–Trinajstić information content (AvgIpc) is 3.28. The maximum atomic E-state index is 12.5. The van der Waals surface area contributed by atoms with Gasteiger partial charge < -0.3 is 10.0 Å². The number of rotatable bonds is 5. The number of nitrogens with zero attached hydrogens (tertiary/aromatic N) is 3. The standard InChI is InChI=1S/C17H25N3O2/c1-13-9-20(12-17(13,22)14-6-7-14)16(21)11-19(2)10-15-5-3-4-8-18-15/h3-5,8,13-14,22H,6-7,9-12H2,1-2H3/t13-,17+/m1/s1. The predicted octanol–water partition coefficient (Wildman–Crippen LogP) is 1.13. The molecule has 2 atom stereocenters. The summed E-state index contributed by atoms with van der Waals surface area (Å²) in [6.45, 7) is 4.24. The number of β-amino-alcohol motifs (C(OH)–C–C–N with tert-alkyl or cyclic N) is 1. The van der Waals surface area contributed by atoms with E-state index in [0.717, 1.165) is 18.5 Å². The van der Waals surface area contributed by atoms with Crippen LogP contribution in [0.25, 0.3) is 0 Å². The van der Waals surface area contributed by atoms with E-state index in [1.54, 1.807) is 6.20 Å². The zero-order chi connectivity index (χ0) is 15.7. The van der Waals surface area contributed by atoms with E-state index < -0.39 is 5.60 Å². The third kappa shape index (κ3) is 3.15. The molecule has 2 aliphatic rings. The van der Waals surface area contributed by atoms with E-state index in [2.05, 4.69) is 11.9 Å². The van der Waals surface area contributed by atoms with Crippen LogP contribution in [-0.4, -0.2) is 58.1 Å². The summed E-state index contributed by atoms with van der Waals surface area (Å²) in [6, 6.07) is 5.81. The van der Waals surface area contributed by atoms with Crippen molar-refractivity contribution in [3.05, 3.63) is 30.1 Å². The highest BCUT2D eigenvalue weighted by molar-refractivity contribution is 5.78. The molecule has 0 aromatic carbocycles. The summed E-state index contributed by atoms with van der Waals surface area (Å²) in [4.78, 5) is 20.6. The summed E-state index contributed by atoms with van der Waals surface area (Å²) in [7, 11) is 1.93. The van der Waals surface area contributed by atoms with Gasteiger partial charge in [0.2, 0.25) is 5.91 Å². The lowest BCUT2D eigenvalue weighted by Gasteiger charge is -2.27. The molecule has 1 aliphatic heterocycles. The van der Waals surface area contributed by atoms with Crippen molar-refractivity contribution >= 4 is 5.91 Å². The van der Waals surface area contributed by atoms with Gasteiger partial charge >= 0.3 is 0 Å². The number of aromatic nitrogens is 1. The minimum absolute atomic E-state index is 0.0989. The first-order valence-electron chi connectivity index (χ1n) is 8.07. The van der Waals surface area contributed by atoms with Gasteiger partial charge in [0, 0.05) is 25.2 Å². The lowest BCUT2D eigenvalue weighted by atomic mass is 9.88. The molecule has 1 N–H and O–H groups in total. The van der Waals surface area contributed by atoms with E-state index in [4.69, 9.17) is 0 Å². The molecule has 2 fully saturated rings. The van der Waals surface area contributed by atoms with Gasteiger partial charge in [-0.2, -0.15) is 0 Å². The van der Waals surface area contributed by atoms with Crippen LogP contribution in [0.1, 0.15) is 25.5 Å². The predicted molar refractivity (Wildman–Crippen MR) is 84.0 cm³/mol. The molecule has 1 saturated carbocycles. The summed E-state index contributed by atoms with van der Waals surface area (Å²) in [5.74, 6) is 0.665. The Morgan fingerprint density at radius 3 is 2.91 bits per heavy atom. The molecule has 1 amide bonds. The van der Waals surface area contributed by atoms with Crippen molar-refractivity contribution in [2.45, 2.75) is 31.9 Å². The zero-order valence-electron chi connectivity index (χ0n) is 13.4. The number of amides is 1. The van der Waals surface area contributed by atoms with Crippen LogP contribution in [-0.2, 0) is 11.3 Å². The van der Waals surface area contributed by atoms with Gasteiger partial charge in [0.25, 0.3) is 0 Å². The number of hydrogen-bond acceptors (Lipinski definition) is 4. The summed E-state index contributed by atoms with van der Waals surface area (Å²) < 4.78 is 0. The average molecular weight is 303 g/mol. The summed E-state index contributed by atoms with van der Waals surface area (Å²) in [6.07, 6.45) is 3.97. The molecule has 1 saturated heterocycles. The molecule has 0 unspecified atom stereocenters. The molecule has 3 rings (SSSR count). The number of likely N-dealkylation sites (N-methyl/N-ethyl adjacent to an activating group) is 1. The third-order valence-electron chi connectivity index (χ3n) is 4.99. The van der Waals surface area contributed by atoms with Gasteiger partial charge in [0.05, 0.1) is 24.4 Å². The van der Waals surface area contributed by atoms with Gasteiger partial charge in [0.15, 0.2) is 0 Å². The molecule has 0 radical (unpaired) electrons. The maximum absolute atomic E-state index is 12.5. The molecule has 120 valence electrons. The second-order valence-corrected chi connectivity index (χ2v) is 6.93. The zero-order valence-corrected chi connectivity index (χ0v) is 13.4. The van der Waals surface area contributed by atoms with E-state index in [1.807, 2.05) is 35.0 Å². The fourth-order valence-corrected chi connectivity index (χ4v) is 3.47. The van der Waals surface area contributed by atoms with Crippen LogP contribution in [0.2, 0.25) is 0 Å².